The molecule has 1 aliphatic heterocycles. The first kappa shape index (κ1) is 23.9. The molecule has 170 valence electrons. The van der Waals surface area contributed by atoms with Crippen LogP contribution in [0.5, 0.6) is 11.5 Å². The van der Waals surface area contributed by atoms with Gasteiger partial charge in [-0.25, -0.2) is 8.42 Å². The van der Waals surface area contributed by atoms with E-state index in [0.29, 0.717) is 30.2 Å². The number of carbonyl (C=O) groups excluding carboxylic acids is 1. The number of nitriles is 1. The number of hydrogen-bond donors (Lipinski definition) is 1. The number of ether oxygens (including phenoxy) is 2. The zero-order valence-corrected chi connectivity index (χ0v) is 19.4. The minimum atomic E-state index is -3.67. The summed E-state index contributed by atoms with van der Waals surface area (Å²) < 4.78 is 38.2. The van der Waals surface area contributed by atoms with Gasteiger partial charge < -0.3 is 14.8 Å². The summed E-state index contributed by atoms with van der Waals surface area (Å²) >= 11 is 6.21. The van der Waals surface area contributed by atoms with E-state index in [0.717, 1.165) is 19.3 Å². The number of sulfonamides is 1. The van der Waals surface area contributed by atoms with E-state index in [1.807, 2.05) is 6.07 Å². The van der Waals surface area contributed by atoms with Gasteiger partial charge in [-0.2, -0.15) is 9.57 Å². The smallest absolute Gasteiger partial charge is 0.265 e. The Hall–Kier alpha value is -2.80. The van der Waals surface area contributed by atoms with Crippen molar-refractivity contribution in [3.05, 3.63) is 47.0 Å². The molecule has 8 nitrogen and oxygen atoms in total. The van der Waals surface area contributed by atoms with Crippen molar-refractivity contribution < 1.29 is 22.7 Å². The maximum atomic E-state index is 12.9. The van der Waals surface area contributed by atoms with Crippen LogP contribution in [0.4, 0.5) is 5.69 Å². The lowest BCUT2D eigenvalue weighted by atomic mass is 10.2. The van der Waals surface area contributed by atoms with Crippen LogP contribution in [0.25, 0.3) is 0 Å². The minimum Gasteiger partial charge on any atom is -0.493 e. The minimum absolute atomic E-state index is 0.0708. The van der Waals surface area contributed by atoms with Crippen molar-refractivity contribution in [2.75, 3.05) is 25.5 Å². The van der Waals surface area contributed by atoms with Crippen LogP contribution in [0.1, 0.15) is 31.7 Å². The second-order valence-electron chi connectivity index (χ2n) is 7.33. The number of rotatable bonds is 7. The van der Waals surface area contributed by atoms with Crippen LogP contribution >= 0.6 is 11.6 Å². The second kappa shape index (κ2) is 10.2. The van der Waals surface area contributed by atoms with Gasteiger partial charge in [-0.05, 0) is 50.1 Å². The molecule has 1 aliphatic rings. The normalized spacial score (nSPS) is 15.4. The van der Waals surface area contributed by atoms with Gasteiger partial charge in [0.1, 0.15) is 0 Å². The number of methoxy groups -OCH3 is 1. The molecule has 1 saturated heterocycles. The summed E-state index contributed by atoms with van der Waals surface area (Å²) in [6, 6.07) is 10.8. The summed E-state index contributed by atoms with van der Waals surface area (Å²) in [6.07, 6.45) is 1.71. The fraction of sp³-hybridized carbons (Fsp3) is 0.364. The second-order valence-corrected chi connectivity index (χ2v) is 9.68. The Kier molecular flexibility index (Phi) is 7.61. The number of piperidine rings is 1. The third-order valence-electron chi connectivity index (χ3n) is 5.11. The van der Waals surface area contributed by atoms with Gasteiger partial charge in [-0.1, -0.05) is 18.0 Å². The fourth-order valence-electron chi connectivity index (χ4n) is 3.33. The van der Waals surface area contributed by atoms with Crippen molar-refractivity contribution in [1.29, 1.82) is 5.26 Å². The highest BCUT2D eigenvalue weighted by Gasteiger charge is 2.27. The highest BCUT2D eigenvalue weighted by Crippen LogP contribution is 2.30. The summed E-state index contributed by atoms with van der Waals surface area (Å²) in [5.74, 6) is 0.0869. The molecule has 32 heavy (non-hydrogen) atoms. The predicted molar refractivity (Wildman–Crippen MR) is 120 cm³/mol. The lowest BCUT2D eigenvalue weighted by Crippen LogP contribution is -2.35. The lowest BCUT2D eigenvalue weighted by Gasteiger charge is -2.26. The Balaban J connectivity index is 1.76. The lowest BCUT2D eigenvalue weighted by molar-refractivity contribution is -0.122. The summed E-state index contributed by atoms with van der Waals surface area (Å²) in [5.41, 5.74) is 0.571. The molecular weight excluding hydrogens is 454 g/mol. The number of hydrogen-bond acceptors (Lipinski definition) is 6. The topological polar surface area (TPSA) is 109 Å². The van der Waals surface area contributed by atoms with Gasteiger partial charge in [0, 0.05) is 19.2 Å². The van der Waals surface area contributed by atoms with Crippen LogP contribution in [-0.2, 0) is 14.8 Å². The number of halogens is 1. The van der Waals surface area contributed by atoms with Crippen molar-refractivity contribution in [3.8, 4) is 17.6 Å². The molecule has 3 rings (SSSR count). The molecule has 1 atom stereocenters. The standard InChI is InChI=1S/C22H24ClN3O5S/c1-15(31-20-9-6-16(14-24)12-21(20)30-2)22(27)25-19-13-17(7-8-18(19)23)32(28,29)26-10-4-3-5-11-26/h6-9,12-13,15H,3-5,10-11H2,1-2H3,(H,25,27). The summed E-state index contributed by atoms with van der Waals surface area (Å²) in [6.45, 7) is 2.49. The zero-order valence-electron chi connectivity index (χ0n) is 17.8. The largest absolute Gasteiger partial charge is 0.493 e. The van der Waals surface area contributed by atoms with E-state index >= 15 is 0 Å². The molecule has 1 fully saturated rings. The molecule has 10 heteroatoms. The zero-order chi connectivity index (χ0) is 23.3. The first-order valence-corrected chi connectivity index (χ1v) is 11.9. The van der Waals surface area contributed by atoms with E-state index in [1.165, 1.54) is 42.6 Å². The Labute approximate surface area is 192 Å². The first-order chi connectivity index (χ1) is 15.3. The highest BCUT2D eigenvalue weighted by atomic mass is 35.5. The molecule has 2 aromatic rings. The quantitative estimate of drug-likeness (QED) is 0.649. The van der Waals surface area contributed by atoms with Gasteiger partial charge in [0.2, 0.25) is 10.0 Å². The van der Waals surface area contributed by atoms with Crippen LogP contribution in [0.15, 0.2) is 41.3 Å². The summed E-state index contributed by atoms with van der Waals surface area (Å²) in [5, 5.41) is 11.8. The molecule has 0 radical (unpaired) electrons. The maximum absolute atomic E-state index is 12.9. The third kappa shape index (κ3) is 5.33. The number of amides is 1. The highest BCUT2D eigenvalue weighted by molar-refractivity contribution is 7.89. The van der Waals surface area contributed by atoms with Crippen molar-refractivity contribution >= 4 is 33.2 Å². The van der Waals surface area contributed by atoms with E-state index in [2.05, 4.69) is 5.32 Å². The molecule has 0 aromatic heterocycles. The van der Waals surface area contributed by atoms with E-state index in [9.17, 15) is 13.2 Å². The molecule has 0 aliphatic carbocycles. The summed E-state index contributed by atoms with van der Waals surface area (Å²) in [7, 11) is -2.24. The number of nitrogens with zero attached hydrogens (tertiary/aromatic N) is 2. The van der Waals surface area contributed by atoms with Crippen LogP contribution < -0.4 is 14.8 Å². The fourth-order valence-corrected chi connectivity index (χ4v) is 5.04. The molecule has 1 unspecified atom stereocenters. The van der Waals surface area contributed by atoms with Crippen LogP contribution in [0.3, 0.4) is 0 Å². The van der Waals surface area contributed by atoms with Crippen LogP contribution in [-0.4, -0.2) is 44.9 Å². The first-order valence-electron chi connectivity index (χ1n) is 10.1. The summed E-state index contributed by atoms with van der Waals surface area (Å²) in [4.78, 5) is 12.8. The predicted octanol–water partition coefficient (Wildman–Crippen LogP) is 3.80. The van der Waals surface area contributed by atoms with Gasteiger partial charge in [0.05, 0.1) is 34.3 Å². The maximum Gasteiger partial charge on any atom is 0.265 e. The molecule has 2 aromatic carbocycles. The van der Waals surface area contributed by atoms with Gasteiger partial charge in [-0.3, -0.25) is 4.79 Å². The molecule has 1 heterocycles. The average molecular weight is 478 g/mol. The molecule has 0 spiro atoms. The molecule has 0 bridgehead atoms. The van der Waals surface area contributed by atoms with Gasteiger partial charge in [0.15, 0.2) is 17.6 Å². The number of nitrogens with one attached hydrogen (secondary N) is 1. The Morgan fingerprint density at radius 2 is 1.88 bits per heavy atom. The van der Waals surface area contributed by atoms with Gasteiger partial charge in [-0.15, -0.1) is 0 Å². The van der Waals surface area contributed by atoms with Crippen molar-refractivity contribution in [2.45, 2.75) is 37.2 Å². The van der Waals surface area contributed by atoms with E-state index < -0.39 is 22.0 Å². The van der Waals surface area contributed by atoms with Crippen molar-refractivity contribution in [2.24, 2.45) is 0 Å². The number of anilines is 1. The SMILES string of the molecule is COc1cc(C#N)ccc1OC(C)C(=O)Nc1cc(S(=O)(=O)N2CCCCC2)ccc1Cl. The van der Waals surface area contributed by atoms with E-state index in [-0.39, 0.29) is 15.6 Å². The van der Waals surface area contributed by atoms with Crippen LogP contribution in [0, 0.1) is 11.3 Å². The Morgan fingerprint density at radius 1 is 1.16 bits per heavy atom. The van der Waals surface area contributed by atoms with Gasteiger partial charge in [0.25, 0.3) is 5.91 Å². The molecule has 0 saturated carbocycles. The van der Waals surface area contributed by atoms with Crippen LogP contribution in [0.2, 0.25) is 5.02 Å². The molecule has 1 amide bonds. The van der Waals surface area contributed by atoms with E-state index in [4.69, 9.17) is 26.3 Å². The monoisotopic (exact) mass is 477 g/mol. The third-order valence-corrected chi connectivity index (χ3v) is 7.34. The van der Waals surface area contributed by atoms with E-state index in [1.54, 1.807) is 12.1 Å². The molecular formula is C22H24ClN3O5S. The van der Waals surface area contributed by atoms with Gasteiger partial charge >= 0.3 is 0 Å². The van der Waals surface area contributed by atoms with Crippen molar-refractivity contribution in [1.82, 2.24) is 4.31 Å². The Bertz CT molecular complexity index is 1140. The number of benzene rings is 2. The molecule has 1 N–H and O–H groups in total. The Morgan fingerprint density at radius 3 is 2.53 bits per heavy atom. The average Bonchev–Trinajstić information content (AvgIpc) is 2.81. The van der Waals surface area contributed by atoms with Crippen molar-refractivity contribution in [3.63, 3.8) is 0 Å². The number of carbonyl (C=O) groups is 1.